The first-order valence-corrected chi connectivity index (χ1v) is 4.61. The maximum atomic E-state index is 11.6. The van der Waals surface area contributed by atoms with Crippen LogP contribution in [0.1, 0.15) is 34.3 Å². The Morgan fingerprint density at radius 1 is 1.31 bits per heavy atom. The Hall–Kier alpha value is -1.31. The van der Waals surface area contributed by atoms with Crippen molar-refractivity contribution in [1.29, 1.82) is 0 Å². The molecule has 0 spiro atoms. The van der Waals surface area contributed by atoms with Gasteiger partial charge in [-0.15, -0.1) is 0 Å². The predicted molar refractivity (Wildman–Crippen MR) is 52.9 cm³/mol. The van der Waals surface area contributed by atoms with E-state index in [1.165, 1.54) is 0 Å². The number of benzene rings is 1. The maximum absolute atomic E-state index is 11.6. The number of hydrogen-bond donors (Lipinski definition) is 1. The van der Waals surface area contributed by atoms with E-state index in [1.807, 2.05) is 19.1 Å². The highest BCUT2D eigenvalue weighted by Gasteiger charge is 2.20. The molecule has 2 nitrogen and oxygen atoms in total. The highest BCUT2D eigenvalue weighted by Crippen LogP contribution is 2.28. The fraction of sp³-hybridized carbons (Fsp3) is 0.364. The monoisotopic (exact) mass is 175 g/mol. The molecule has 0 amide bonds. The minimum absolute atomic E-state index is 0.211. The van der Waals surface area contributed by atoms with E-state index in [1.54, 1.807) is 0 Å². The lowest BCUT2D eigenvalue weighted by Crippen LogP contribution is -2.14. The minimum atomic E-state index is 0.211. The van der Waals surface area contributed by atoms with Gasteiger partial charge in [0.25, 0.3) is 0 Å². The third-order valence-electron chi connectivity index (χ3n) is 2.68. The Bertz CT molecular complexity index is 369. The van der Waals surface area contributed by atoms with E-state index in [4.69, 9.17) is 5.73 Å². The molecule has 0 saturated heterocycles. The molecule has 0 aromatic heterocycles. The zero-order valence-corrected chi connectivity index (χ0v) is 7.76. The second-order valence-electron chi connectivity index (χ2n) is 3.61. The molecule has 1 aliphatic carbocycles. The Morgan fingerprint density at radius 2 is 2.08 bits per heavy atom. The summed E-state index contributed by atoms with van der Waals surface area (Å²) in [4.78, 5) is 11.6. The Morgan fingerprint density at radius 3 is 2.85 bits per heavy atom. The highest BCUT2D eigenvalue weighted by molar-refractivity contribution is 6.03. The molecule has 0 heterocycles. The number of ketones is 1. The van der Waals surface area contributed by atoms with Gasteiger partial charge in [-0.2, -0.15) is 0 Å². The molecule has 0 saturated carbocycles. The molecule has 2 rings (SSSR count). The maximum Gasteiger partial charge on any atom is 0.165 e. The van der Waals surface area contributed by atoms with E-state index in [2.05, 4.69) is 0 Å². The molecule has 0 bridgehead atoms. The van der Waals surface area contributed by atoms with Gasteiger partial charge in [0.15, 0.2) is 5.78 Å². The van der Waals surface area contributed by atoms with Crippen molar-refractivity contribution in [2.75, 3.05) is 5.73 Å². The number of carbonyl (C=O) groups excluding carboxylic acids is 1. The van der Waals surface area contributed by atoms with Crippen molar-refractivity contribution in [3.8, 4) is 0 Å². The molecular weight excluding hydrogens is 162 g/mol. The predicted octanol–water partition coefficient (Wildman–Crippen LogP) is 2.10. The number of nitrogens with two attached hydrogens (primary N) is 1. The van der Waals surface area contributed by atoms with E-state index in [0.717, 1.165) is 29.5 Å². The van der Waals surface area contributed by atoms with Crippen molar-refractivity contribution in [3.63, 3.8) is 0 Å². The molecule has 0 unspecified atom stereocenters. The summed E-state index contributed by atoms with van der Waals surface area (Å²) in [7, 11) is 0. The minimum Gasteiger partial charge on any atom is -0.398 e. The van der Waals surface area contributed by atoms with Gasteiger partial charge in [0.1, 0.15) is 0 Å². The molecule has 2 N–H and O–H groups in total. The van der Waals surface area contributed by atoms with Crippen LogP contribution in [0.4, 0.5) is 5.69 Å². The second-order valence-corrected chi connectivity index (χ2v) is 3.61. The molecule has 2 heteroatoms. The number of nitrogen functional groups attached to an aromatic ring is 1. The lowest BCUT2D eigenvalue weighted by atomic mass is 9.88. The zero-order chi connectivity index (χ0) is 9.42. The first-order chi connectivity index (χ1) is 6.20. The molecule has 0 atom stereocenters. The summed E-state index contributed by atoms with van der Waals surface area (Å²) in [5.41, 5.74) is 9.47. The van der Waals surface area contributed by atoms with Crippen LogP contribution in [0.25, 0.3) is 0 Å². The van der Waals surface area contributed by atoms with Gasteiger partial charge < -0.3 is 5.73 Å². The lowest BCUT2D eigenvalue weighted by molar-refractivity contribution is 0.0973. The van der Waals surface area contributed by atoms with Gasteiger partial charge in [0, 0.05) is 17.7 Å². The molecule has 1 aromatic carbocycles. The molecule has 1 aromatic rings. The summed E-state index contributed by atoms with van der Waals surface area (Å²) in [6.45, 7) is 1.94. The Kier molecular flexibility index (Phi) is 1.83. The van der Waals surface area contributed by atoms with E-state index in [9.17, 15) is 4.79 Å². The van der Waals surface area contributed by atoms with Gasteiger partial charge in [-0.25, -0.2) is 0 Å². The molecule has 0 aliphatic heterocycles. The van der Waals surface area contributed by atoms with Crippen LogP contribution in [-0.2, 0) is 6.42 Å². The summed E-state index contributed by atoms with van der Waals surface area (Å²) >= 11 is 0. The Balaban J connectivity index is 2.65. The molecule has 1 aliphatic rings. The standard InChI is InChI=1S/C11H13NO/c1-7-5-6-8-3-2-4-9(13)10(8)11(7)12/h5-6H,2-4,12H2,1H3. The van der Waals surface area contributed by atoms with Crippen LogP contribution >= 0.6 is 0 Å². The highest BCUT2D eigenvalue weighted by atomic mass is 16.1. The van der Waals surface area contributed by atoms with Crippen LogP contribution in [0.5, 0.6) is 0 Å². The number of anilines is 1. The van der Waals surface area contributed by atoms with E-state index < -0.39 is 0 Å². The van der Waals surface area contributed by atoms with Gasteiger partial charge in [-0.1, -0.05) is 12.1 Å². The number of aryl methyl sites for hydroxylation is 2. The van der Waals surface area contributed by atoms with Crippen molar-refractivity contribution < 1.29 is 4.79 Å². The first-order valence-electron chi connectivity index (χ1n) is 4.61. The van der Waals surface area contributed by atoms with Crippen molar-refractivity contribution in [2.45, 2.75) is 26.2 Å². The van der Waals surface area contributed by atoms with Crippen molar-refractivity contribution in [2.24, 2.45) is 0 Å². The number of rotatable bonds is 0. The van der Waals surface area contributed by atoms with Gasteiger partial charge >= 0.3 is 0 Å². The Labute approximate surface area is 77.8 Å². The van der Waals surface area contributed by atoms with Crippen molar-refractivity contribution in [3.05, 3.63) is 28.8 Å². The fourth-order valence-electron chi connectivity index (χ4n) is 1.87. The molecule has 0 radical (unpaired) electrons. The third-order valence-corrected chi connectivity index (χ3v) is 2.68. The van der Waals surface area contributed by atoms with Crippen LogP contribution in [0.15, 0.2) is 12.1 Å². The summed E-state index contributed by atoms with van der Waals surface area (Å²) in [6.07, 6.45) is 2.61. The number of Topliss-reactive ketones (excluding diaryl/α,β-unsaturated/α-hetero) is 1. The van der Waals surface area contributed by atoms with Crippen LogP contribution < -0.4 is 5.73 Å². The average Bonchev–Trinajstić information content (AvgIpc) is 2.12. The third kappa shape index (κ3) is 1.22. The van der Waals surface area contributed by atoms with E-state index >= 15 is 0 Å². The van der Waals surface area contributed by atoms with Gasteiger partial charge in [-0.05, 0) is 30.9 Å². The number of carbonyl (C=O) groups is 1. The smallest absolute Gasteiger partial charge is 0.165 e. The molecular formula is C11H13NO. The van der Waals surface area contributed by atoms with Crippen LogP contribution in [0.2, 0.25) is 0 Å². The van der Waals surface area contributed by atoms with E-state index in [0.29, 0.717) is 12.1 Å². The number of hydrogen-bond acceptors (Lipinski definition) is 2. The second kappa shape index (κ2) is 2.87. The topological polar surface area (TPSA) is 43.1 Å². The fourth-order valence-corrected chi connectivity index (χ4v) is 1.87. The zero-order valence-electron chi connectivity index (χ0n) is 7.76. The average molecular weight is 175 g/mol. The van der Waals surface area contributed by atoms with Gasteiger partial charge in [0.2, 0.25) is 0 Å². The molecule has 13 heavy (non-hydrogen) atoms. The summed E-state index contributed by atoms with van der Waals surface area (Å²) in [5.74, 6) is 0.211. The van der Waals surface area contributed by atoms with Gasteiger partial charge in [0.05, 0.1) is 0 Å². The SMILES string of the molecule is Cc1ccc2c(c1N)C(=O)CCC2. The normalized spacial score (nSPS) is 15.6. The van der Waals surface area contributed by atoms with Crippen LogP contribution in [0.3, 0.4) is 0 Å². The summed E-state index contributed by atoms with van der Waals surface area (Å²) in [6, 6.07) is 4.02. The lowest BCUT2D eigenvalue weighted by Gasteiger charge is -2.17. The van der Waals surface area contributed by atoms with E-state index in [-0.39, 0.29) is 5.78 Å². The largest absolute Gasteiger partial charge is 0.398 e. The van der Waals surface area contributed by atoms with Crippen molar-refractivity contribution >= 4 is 11.5 Å². The summed E-state index contributed by atoms with van der Waals surface area (Å²) in [5, 5.41) is 0. The molecule has 0 fully saturated rings. The van der Waals surface area contributed by atoms with Crippen LogP contribution in [0, 0.1) is 6.92 Å². The van der Waals surface area contributed by atoms with Gasteiger partial charge in [-0.3, -0.25) is 4.79 Å². The summed E-state index contributed by atoms with van der Waals surface area (Å²) < 4.78 is 0. The first kappa shape index (κ1) is 8.30. The number of fused-ring (bicyclic) bond motifs is 1. The molecule has 68 valence electrons. The quantitative estimate of drug-likeness (QED) is 0.613. The van der Waals surface area contributed by atoms with Crippen LogP contribution in [-0.4, -0.2) is 5.78 Å². The van der Waals surface area contributed by atoms with Crippen molar-refractivity contribution in [1.82, 2.24) is 0 Å².